The minimum absolute atomic E-state index is 0.0325. The number of likely N-dealkylation sites (tertiary alicyclic amines) is 1. The molecule has 3 aliphatic rings. The number of benzene rings is 1. The van der Waals surface area contributed by atoms with Gasteiger partial charge in [-0.2, -0.15) is 0 Å². The fourth-order valence-corrected chi connectivity index (χ4v) is 4.82. The Morgan fingerprint density at radius 3 is 2.46 bits per heavy atom. The Morgan fingerprint density at radius 2 is 1.85 bits per heavy atom. The standard InChI is InChI=1S/C18H24N2O5S/c1-13-2-5-15(26(22,23)19-14-3-4-14)12-16(13)17(21)20-8-6-18(7-9-20)24-10-11-25-18/h2,5,12,14,19H,3-4,6-11H2,1H3. The summed E-state index contributed by atoms with van der Waals surface area (Å²) in [6.45, 7) is 4.10. The predicted octanol–water partition coefficient (Wildman–Crippen LogP) is 1.41. The molecule has 3 fully saturated rings. The molecule has 0 unspecified atom stereocenters. The van der Waals surface area contributed by atoms with Crippen LogP contribution in [0.1, 0.15) is 41.6 Å². The maximum absolute atomic E-state index is 13.0. The molecule has 26 heavy (non-hydrogen) atoms. The number of carbonyl (C=O) groups excluding carboxylic acids is 1. The molecular formula is C18H24N2O5S. The summed E-state index contributed by atoms with van der Waals surface area (Å²) in [6, 6.07) is 4.78. The van der Waals surface area contributed by atoms with E-state index in [2.05, 4.69) is 4.72 Å². The van der Waals surface area contributed by atoms with Crippen molar-refractivity contribution < 1.29 is 22.7 Å². The van der Waals surface area contributed by atoms with Gasteiger partial charge in [0.2, 0.25) is 10.0 Å². The number of hydrogen-bond donors (Lipinski definition) is 1. The molecule has 2 saturated heterocycles. The minimum atomic E-state index is -3.58. The second kappa shape index (κ2) is 6.60. The summed E-state index contributed by atoms with van der Waals surface area (Å²) in [5, 5.41) is 0. The summed E-state index contributed by atoms with van der Waals surface area (Å²) in [5.74, 6) is -0.676. The Labute approximate surface area is 153 Å². The van der Waals surface area contributed by atoms with Crippen LogP contribution >= 0.6 is 0 Å². The van der Waals surface area contributed by atoms with Gasteiger partial charge < -0.3 is 14.4 Å². The number of piperidine rings is 1. The fourth-order valence-electron chi connectivity index (χ4n) is 3.49. The molecule has 7 nitrogen and oxygen atoms in total. The lowest BCUT2D eigenvalue weighted by Gasteiger charge is -2.37. The Kier molecular flexibility index (Phi) is 4.54. The number of nitrogens with one attached hydrogen (secondary N) is 1. The lowest BCUT2D eigenvalue weighted by atomic mass is 10.0. The predicted molar refractivity (Wildman–Crippen MR) is 94.3 cm³/mol. The van der Waals surface area contributed by atoms with Gasteiger partial charge in [-0.25, -0.2) is 13.1 Å². The third-order valence-corrected chi connectivity index (χ3v) is 6.79. The van der Waals surface area contributed by atoms with Crippen LogP contribution in [0.25, 0.3) is 0 Å². The molecule has 0 bridgehead atoms. The van der Waals surface area contributed by atoms with Crippen LogP contribution in [0.5, 0.6) is 0 Å². The Bertz CT molecular complexity index is 803. The van der Waals surface area contributed by atoms with E-state index in [1.807, 2.05) is 6.92 Å². The van der Waals surface area contributed by atoms with Crippen molar-refractivity contribution in [2.75, 3.05) is 26.3 Å². The van der Waals surface area contributed by atoms with Crippen molar-refractivity contribution >= 4 is 15.9 Å². The smallest absolute Gasteiger partial charge is 0.254 e. The highest BCUT2D eigenvalue weighted by Gasteiger charge is 2.41. The van der Waals surface area contributed by atoms with E-state index in [9.17, 15) is 13.2 Å². The average Bonchev–Trinajstić information content (AvgIpc) is 3.31. The Hall–Kier alpha value is -1.48. The van der Waals surface area contributed by atoms with E-state index in [1.54, 1.807) is 17.0 Å². The van der Waals surface area contributed by atoms with E-state index >= 15 is 0 Å². The first-order valence-corrected chi connectivity index (χ1v) is 10.6. The van der Waals surface area contributed by atoms with Crippen LogP contribution in [0.2, 0.25) is 0 Å². The zero-order valence-electron chi connectivity index (χ0n) is 14.9. The quantitative estimate of drug-likeness (QED) is 0.854. The molecule has 2 aliphatic heterocycles. The van der Waals surface area contributed by atoms with Gasteiger partial charge in [0.15, 0.2) is 5.79 Å². The molecule has 1 N–H and O–H groups in total. The molecule has 1 aliphatic carbocycles. The van der Waals surface area contributed by atoms with Crippen molar-refractivity contribution in [1.82, 2.24) is 9.62 Å². The van der Waals surface area contributed by atoms with Crippen LogP contribution in [0.4, 0.5) is 0 Å². The van der Waals surface area contributed by atoms with Crippen LogP contribution in [0.3, 0.4) is 0 Å². The first-order valence-electron chi connectivity index (χ1n) is 9.09. The van der Waals surface area contributed by atoms with Crippen molar-refractivity contribution in [3.05, 3.63) is 29.3 Å². The number of nitrogens with zero attached hydrogens (tertiary/aromatic N) is 1. The van der Waals surface area contributed by atoms with E-state index < -0.39 is 15.8 Å². The van der Waals surface area contributed by atoms with Crippen LogP contribution in [0.15, 0.2) is 23.1 Å². The fraction of sp³-hybridized carbons (Fsp3) is 0.611. The number of sulfonamides is 1. The first-order chi connectivity index (χ1) is 12.4. The summed E-state index contributed by atoms with van der Waals surface area (Å²) in [6.07, 6.45) is 3.02. The number of ether oxygens (including phenoxy) is 2. The second-order valence-corrected chi connectivity index (χ2v) is 8.99. The molecule has 1 amide bonds. The van der Waals surface area contributed by atoms with E-state index in [0.29, 0.717) is 44.7 Å². The average molecular weight is 380 g/mol. The van der Waals surface area contributed by atoms with Gasteiger partial charge in [-0.15, -0.1) is 0 Å². The topological polar surface area (TPSA) is 84.9 Å². The van der Waals surface area contributed by atoms with Gasteiger partial charge in [0.05, 0.1) is 18.1 Å². The van der Waals surface area contributed by atoms with E-state index in [1.165, 1.54) is 6.07 Å². The number of aryl methyl sites for hydroxylation is 1. The highest BCUT2D eigenvalue weighted by atomic mass is 32.2. The van der Waals surface area contributed by atoms with E-state index in [-0.39, 0.29) is 16.8 Å². The van der Waals surface area contributed by atoms with Gasteiger partial charge in [0.25, 0.3) is 5.91 Å². The molecule has 1 aromatic rings. The summed E-state index contributed by atoms with van der Waals surface area (Å²) in [7, 11) is -3.58. The van der Waals surface area contributed by atoms with Crippen molar-refractivity contribution in [2.24, 2.45) is 0 Å². The molecule has 2 heterocycles. The highest BCUT2D eigenvalue weighted by molar-refractivity contribution is 7.89. The van der Waals surface area contributed by atoms with Crippen LogP contribution in [-0.2, 0) is 19.5 Å². The lowest BCUT2D eigenvalue weighted by molar-refractivity contribution is -0.181. The SMILES string of the molecule is Cc1ccc(S(=O)(=O)NC2CC2)cc1C(=O)N1CCC2(CC1)OCCO2. The molecular weight excluding hydrogens is 356 g/mol. The zero-order valence-corrected chi connectivity index (χ0v) is 15.7. The molecule has 1 spiro atoms. The molecule has 4 rings (SSSR count). The van der Waals surface area contributed by atoms with Crippen molar-refractivity contribution in [3.63, 3.8) is 0 Å². The minimum Gasteiger partial charge on any atom is -0.347 e. The summed E-state index contributed by atoms with van der Waals surface area (Å²) < 4.78 is 38.9. The Morgan fingerprint density at radius 1 is 1.19 bits per heavy atom. The number of amides is 1. The molecule has 0 aromatic heterocycles. The molecule has 0 radical (unpaired) electrons. The van der Waals surface area contributed by atoms with Gasteiger partial charge in [-0.3, -0.25) is 4.79 Å². The van der Waals surface area contributed by atoms with Crippen molar-refractivity contribution in [1.29, 1.82) is 0 Å². The van der Waals surface area contributed by atoms with Crippen LogP contribution in [0, 0.1) is 6.92 Å². The monoisotopic (exact) mass is 380 g/mol. The third kappa shape index (κ3) is 3.51. The van der Waals surface area contributed by atoms with Crippen molar-refractivity contribution in [3.8, 4) is 0 Å². The van der Waals surface area contributed by atoms with Crippen LogP contribution in [-0.4, -0.2) is 57.4 Å². The lowest BCUT2D eigenvalue weighted by Crippen LogP contribution is -2.47. The van der Waals surface area contributed by atoms with Gasteiger partial charge in [-0.1, -0.05) is 6.07 Å². The van der Waals surface area contributed by atoms with Crippen molar-refractivity contribution in [2.45, 2.75) is 49.3 Å². The third-order valence-electron chi connectivity index (χ3n) is 5.27. The highest BCUT2D eigenvalue weighted by Crippen LogP contribution is 2.32. The summed E-state index contributed by atoms with van der Waals surface area (Å²) in [4.78, 5) is 14.9. The molecule has 0 atom stereocenters. The largest absolute Gasteiger partial charge is 0.347 e. The van der Waals surface area contributed by atoms with Gasteiger partial charge >= 0.3 is 0 Å². The maximum Gasteiger partial charge on any atom is 0.254 e. The number of hydrogen-bond acceptors (Lipinski definition) is 5. The maximum atomic E-state index is 13.0. The number of rotatable bonds is 4. The normalized spacial score (nSPS) is 22.7. The number of carbonyl (C=O) groups is 1. The Balaban J connectivity index is 1.51. The first kappa shape index (κ1) is 17.9. The molecule has 1 aromatic carbocycles. The summed E-state index contributed by atoms with van der Waals surface area (Å²) in [5.41, 5.74) is 1.21. The summed E-state index contributed by atoms with van der Waals surface area (Å²) >= 11 is 0. The van der Waals surface area contributed by atoms with Crippen LogP contribution < -0.4 is 4.72 Å². The molecule has 142 valence electrons. The van der Waals surface area contributed by atoms with Gasteiger partial charge in [0, 0.05) is 37.5 Å². The zero-order chi connectivity index (χ0) is 18.4. The molecule has 8 heteroatoms. The molecule has 1 saturated carbocycles. The van der Waals surface area contributed by atoms with Gasteiger partial charge in [0.1, 0.15) is 0 Å². The second-order valence-electron chi connectivity index (χ2n) is 7.27. The van der Waals surface area contributed by atoms with Gasteiger partial charge in [-0.05, 0) is 37.5 Å². The van der Waals surface area contributed by atoms with E-state index in [4.69, 9.17) is 9.47 Å². The van der Waals surface area contributed by atoms with E-state index in [0.717, 1.165) is 18.4 Å².